The number of hydrogen-bond acceptors (Lipinski definition) is 5. The van der Waals surface area contributed by atoms with Gasteiger partial charge in [0, 0.05) is 25.0 Å². The number of imidazole rings is 2. The lowest BCUT2D eigenvalue weighted by Gasteiger charge is -2.10. The van der Waals surface area contributed by atoms with E-state index in [2.05, 4.69) is 4.98 Å². The first-order valence-corrected chi connectivity index (χ1v) is 9.52. The van der Waals surface area contributed by atoms with Crippen LogP contribution in [0.15, 0.2) is 9.59 Å². The summed E-state index contributed by atoms with van der Waals surface area (Å²) in [5.74, 6) is 0.442. The molecule has 3 heterocycles. The number of aromatic nitrogens is 5. The first-order valence-electron chi connectivity index (χ1n) is 9.52. The lowest BCUT2D eigenvalue weighted by molar-refractivity contribution is -0.143. The minimum absolute atomic E-state index is 0.00415. The summed E-state index contributed by atoms with van der Waals surface area (Å²) in [5.41, 5.74) is 1.54. The molecule has 3 rings (SSSR count). The summed E-state index contributed by atoms with van der Waals surface area (Å²) in [6.45, 7) is 10.2. The Hall–Kier alpha value is -2.84. The summed E-state index contributed by atoms with van der Waals surface area (Å²) >= 11 is 0. The third-order valence-corrected chi connectivity index (χ3v) is 5.15. The van der Waals surface area contributed by atoms with Gasteiger partial charge in [0.15, 0.2) is 11.2 Å². The fraction of sp³-hybridized carbons (Fsp3) is 0.579. The smallest absolute Gasteiger partial charge is 0.332 e. The number of hydrogen-bond donors (Lipinski definition) is 0. The molecule has 0 aliphatic carbocycles. The van der Waals surface area contributed by atoms with Gasteiger partial charge in [0.2, 0.25) is 5.78 Å². The third-order valence-electron chi connectivity index (χ3n) is 5.15. The van der Waals surface area contributed by atoms with Crippen molar-refractivity contribution >= 4 is 22.9 Å². The number of carbonyl (C=O) groups excluding carboxylic acids is 1. The fourth-order valence-corrected chi connectivity index (χ4v) is 3.42. The molecule has 0 spiro atoms. The van der Waals surface area contributed by atoms with Crippen LogP contribution in [0, 0.1) is 19.8 Å². The molecule has 0 saturated carbocycles. The maximum Gasteiger partial charge on any atom is 0.332 e. The summed E-state index contributed by atoms with van der Waals surface area (Å²) < 4.78 is 11.2. The van der Waals surface area contributed by atoms with Crippen molar-refractivity contribution in [2.75, 3.05) is 6.61 Å². The predicted molar refractivity (Wildman–Crippen MR) is 106 cm³/mol. The van der Waals surface area contributed by atoms with Crippen LogP contribution in [0.4, 0.5) is 0 Å². The van der Waals surface area contributed by atoms with Crippen LogP contribution in [0.2, 0.25) is 0 Å². The van der Waals surface area contributed by atoms with E-state index in [0.717, 1.165) is 17.8 Å². The molecule has 0 N–H and O–H groups in total. The van der Waals surface area contributed by atoms with Crippen molar-refractivity contribution in [2.45, 2.75) is 54.1 Å². The largest absolute Gasteiger partial charge is 0.465 e. The normalized spacial score (nSPS) is 11.8. The van der Waals surface area contributed by atoms with Crippen molar-refractivity contribution in [1.29, 1.82) is 0 Å². The van der Waals surface area contributed by atoms with E-state index in [9.17, 15) is 14.4 Å². The van der Waals surface area contributed by atoms with Gasteiger partial charge in [-0.05, 0) is 33.1 Å². The van der Waals surface area contributed by atoms with E-state index in [1.54, 1.807) is 22.9 Å². The van der Waals surface area contributed by atoms with Crippen molar-refractivity contribution in [1.82, 2.24) is 23.1 Å². The molecule has 0 bridgehead atoms. The van der Waals surface area contributed by atoms with E-state index in [1.807, 2.05) is 27.7 Å². The van der Waals surface area contributed by atoms with Gasteiger partial charge in [-0.1, -0.05) is 13.8 Å². The zero-order chi connectivity index (χ0) is 20.7. The fourth-order valence-electron chi connectivity index (χ4n) is 3.42. The molecule has 0 aliphatic rings. The van der Waals surface area contributed by atoms with Crippen LogP contribution in [0.5, 0.6) is 0 Å². The molecule has 0 saturated heterocycles. The zero-order valence-electron chi connectivity index (χ0n) is 17.3. The van der Waals surface area contributed by atoms with Crippen molar-refractivity contribution in [2.24, 2.45) is 13.0 Å². The van der Waals surface area contributed by atoms with Gasteiger partial charge in [-0.3, -0.25) is 23.1 Å². The molecule has 0 radical (unpaired) electrons. The Labute approximate surface area is 162 Å². The Bertz CT molecular complexity index is 1180. The highest BCUT2D eigenvalue weighted by atomic mass is 16.5. The van der Waals surface area contributed by atoms with Gasteiger partial charge in [0.1, 0.15) is 6.54 Å². The maximum absolute atomic E-state index is 13.2. The molecule has 0 aliphatic heterocycles. The molecular weight excluding hydrogens is 362 g/mol. The Morgan fingerprint density at radius 1 is 1.14 bits per heavy atom. The van der Waals surface area contributed by atoms with Gasteiger partial charge in [0.25, 0.3) is 5.56 Å². The monoisotopic (exact) mass is 389 g/mol. The number of nitrogens with zero attached hydrogens (tertiary/aromatic N) is 5. The van der Waals surface area contributed by atoms with Crippen molar-refractivity contribution in [3.8, 4) is 0 Å². The summed E-state index contributed by atoms with van der Waals surface area (Å²) in [6, 6.07) is 0. The second-order valence-corrected chi connectivity index (χ2v) is 7.46. The molecule has 0 amide bonds. The zero-order valence-corrected chi connectivity index (χ0v) is 17.3. The molecular formula is C19H27N5O4. The highest BCUT2D eigenvalue weighted by Crippen LogP contribution is 2.20. The molecule has 28 heavy (non-hydrogen) atoms. The topological polar surface area (TPSA) is 92.5 Å². The lowest BCUT2D eigenvalue weighted by Crippen LogP contribution is -2.39. The van der Waals surface area contributed by atoms with Gasteiger partial charge < -0.3 is 9.30 Å². The first-order chi connectivity index (χ1) is 13.2. The Balaban J connectivity index is 2.31. The van der Waals surface area contributed by atoms with Crippen LogP contribution in [0.1, 0.15) is 38.6 Å². The molecule has 0 fully saturated rings. The SMILES string of the molecule is CCOC(=O)Cn1c(C)c(C)n2c3c(=O)n(CCC(C)C)c(=O)n(C)c3nc12. The number of fused-ring (bicyclic) bond motifs is 3. The second kappa shape index (κ2) is 7.29. The van der Waals surface area contributed by atoms with Gasteiger partial charge in [-0.25, -0.2) is 4.79 Å². The minimum Gasteiger partial charge on any atom is -0.465 e. The molecule has 3 aromatic rings. The molecule has 0 atom stereocenters. The number of aryl methyl sites for hydroxylation is 2. The van der Waals surface area contributed by atoms with E-state index in [4.69, 9.17) is 4.74 Å². The van der Waals surface area contributed by atoms with Gasteiger partial charge in [-0.15, -0.1) is 0 Å². The molecule has 152 valence electrons. The van der Waals surface area contributed by atoms with Crippen LogP contribution in [0.25, 0.3) is 16.9 Å². The van der Waals surface area contributed by atoms with Crippen molar-refractivity contribution in [3.63, 3.8) is 0 Å². The van der Waals surface area contributed by atoms with Crippen LogP contribution in [-0.4, -0.2) is 35.7 Å². The van der Waals surface area contributed by atoms with Crippen LogP contribution in [0.3, 0.4) is 0 Å². The van der Waals surface area contributed by atoms with Gasteiger partial charge in [0.05, 0.1) is 6.61 Å². The Morgan fingerprint density at radius 2 is 1.82 bits per heavy atom. The van der Waals surface area contributed by atoms with E-state index in [0.29, 0.717) is 36.0 Å². The third kappa shape index (κ3) is 3.04. The second-order valence-electron chi connectivity index (χ2n) is 7.46. The lowest BCUT2D eigenvalue weighted by atomic mass is 10.1. The van der Waals surface area contributed by atoms with E-state index in [1.165, 1.54) is 9.13 Å². The van der Waals surface area contributed by atoms with Crippen molar-refractivity contribution < 1.29 is 9.53 Å². The minimum atomic E-state index is -0.384. The Morgan fingerprint density at radius 3 is 2.43 bits per heavy atom. The van der Waals surface area contributed by atoms with Crippen LogP contribution < -0.4 is 11.2 Å². The van der Waals surface area contributed by atoms with Crippen molar-refractivity contribution in [3.05, 3.63) is 32.2 Å². The summed E-state index contributed by atoms with van der Waals surface area (Å²) in [6.07, 6.45) is 0.727. The summed E-state index contributed by atoms with van der Waals surface area (Å²) in [5, 5.41) is 0. The standard InChI is InChI=1S/C19H27N5O4/c1-7-28-14(25)10-23-12(4)13(5)24-15-16(20-18(23)24)21(6)19(27)22(17(15)26)9-8-11(2)3/h11H,7-10H2,1-6H3. The Kier molecular flexibility index (Phi) is 5.18. The molecule has 0 aromatic carbocycles. The highest BCUT2D eigenvalue weighted by molar-refractivity contribution is 5.77. The predicted octanol–water partition coefficient (Wildman–Crippen LogP) is 1.38. The van der Waals surface area contributed by atoms with E-state index in [-0.39, 0.29) is 23.8 Å². The molecule has 3 aromatic heterocycles. The van der Waals surface area contributed by atoms with Gasteiger partial charge >= 0.3 is 11.7 Å². The molecule has 9 nitrogen and oxygen atoms in total. The average Bonchev–Trinajstić information content (AvgIpc) is 3.12. The highest BCUT2D eigenvalue weighted by Gasteiger charge is 2.23. The maximum atomic E-state index is 13.2. The molecule has 0 unspecified atom stereocenters. The van der Waals surface area contributed by atoms with Crippen LogP contribution in [-0.2, 0) is 29.7 Å². The average molecular weight is 389 g/mol. The quantitative estimate of drug-likeness (QED) is 0.594. The number of esters is 1. The van der Waals surface area contributed by atoms with Gasteiger partial charge in [-0.2, -0.15) is 4.98 Å². The van der Waals surface area contributed by atoms with E-state index >= 15 is 0 Å². The first kappa shape index (κ1) is 19.9. The summed E-state index contributed by atoms with van der Waals surface area (Å²) in [7, 11) is 1.61. The number of ether oxygens (including phenoxy) is 1. The van der Waals surface area contributed by atoms with E-state index < -0.39 is 0 Å². The molecule has 9 heteroatoms. The summed E-state index contributed by atoms with van der Waals surface area (Å²) in [4.78, 5) is 42.4. The number of carbonyl (C=O) groups is 1. The number of rotatable bonds is 6. The van der Waals surface area contributed by atoms with Crippen LogP contribution >= 0.6 is 0 Å².